The molecular weight excluding hydrogens is 244 g/mol. The van der Waals surface area contributed by atoms with Gasteiger partial charge in [0.05, 0.1) is 6.54 Å². The third-order valence-electron chi connectivity index (χ3n) is 3.66. The zero-order valence-corrected chi connectivity index (χ0v) is 12.4. The monoisotopic (exact) mass is 266 g/mol. The van der Waals surface area contributed by atoms with Gasteiger partial charge in [0, 0.05) is 16.3 Å². The van der Waals surface area contributed by atoms with Gasteiger partial charge in [0.25, 0.3) is 0 Å². The minimum Gasteiger partial charge on any atom is -0.320 e. The Labute approximate surface area is 113 Å². The molecule has 1 fully saturated rings. The number of hydrogen-bond donors (Lipinski definition) is 1. The normalized spacial score (nSPS) is 20.8. The van der Waals surface area contributed by atoms with Crippen LogP contribution in [-0.4, -0.2) is 23.9 Å². The summed E-state index contributed by atoms with van der Waals surface area (Å²) >= 11 is 1.77. The predicted octanol–water partition coefficient (Wildman–Crippen LogP) is 2.92. The molecule has 1 aromatic heterocycles. The van der Waals surface area contributed by atoms with Gasteiger partial charge in [0.1, 0.15) is 6.17 Å². The summed E-state index contributed by atoms with van der Waals surface area (Å²) in [6.07, 6.45) is 1.15. The number of rotatable bonds is 4. The van der Waals surface area contributed by atoms with Crippen LogP contribution in [0.3, 0.4) is 0 Å². The first kappa shape index (κ1) is 13.6. The number of amides is 1. The van der Waals surface area contributed by atoms with Crippen LogP contribution in [-0.2, 0) is 4.79 Å². The van der Waals surface area contributed by atoms with Gasteiger partial charge >= 0.3 is 0 Å². The van der Waals surface area contributed by atoms with Gasteiger partial charge in [0.15, 0.2) is 0 Å². The molecule has 4 heteroatoms. The van der Waals surface area contributed by atoms with Gasteiger partial charge in [-0.05, 0) is 30.9 Å². The van der Waals surface area contributed by atoms with Crippen molar-refractivity contribution in [2.24, 2.45) is 5.41 Å². The quantitative estimate of drug-likeness (QED) is 0.909. The number of thiophene rings is 1. The van der Waals surface area contributed by atoms with Crippen LogP contribution < -0.4 is 5.32 Å². The average molecular weight is 266 g/mol. The van der Waals surface area contributed by atoms with Gasteiger partial charge in [-0.25, -0.2) is 0 Å². The summed E-state index contributed by atoms with van der Waals surface area (Å²) in [6.45, 7) is 9.99. The molecule has 1 atom stereocenters. The van der Waals surface area contributed by atoms with Crippen molar-refractivity contribution >= 4 is 17.2 Å². The number of carbonyl (C=O) groups excluding carboxylic acids is 1. The standard InChI is InChI=1S/C14H22N2OS/c1-5-14(3,4)9-16-12(17)8-15-13(16)11-7-6-10(2)18-11/h6-7,13,15H,5,8-9H2,1-4H3. The third kappa shape index (κ3) is 2.75. The van der Waals surface area contributed by atoms with E-state index in [0.29, 0.717) is 6.54 Å². The van der Waals surface area contributed by atoms with Gasteiger partial charge in [-0.2, -0.15) is 0 Å². The van der Waals surface area contributed by atoms with Crippen molar-refractivity contribution in [2.45, 2.75) is 40.3 Å². The highest BCUT2D eigenvalue weighted by molar-refractivity contribution is 7.12. The summed E-state index contributed by atoms with van der Waals surface area (Å²) in [6, 6.07) is 4.25. The number of aryl methyl sites for hydroxylation is 1. The highest BCUT2D eigenvalue weighted by atomic mass is 32.1. The summed E-state index contributed by atoms with van der Waals surface area (Å²) in [5, 5.41) is 3.32. The lowest BCUT2D eigenvalue weighted by atomic mass is 9.89. The van der Waals surface area contributed by atoms with Crippen LogP contribution in [0.1, 0.15) is 43.1 Å². The van der Waals surface area contributed by atoms with Gasteiger partial charge in [-0.1, -0.05) is 20.8 Å². The third-order valence-corrected chi connectivity index (χ3v) is 4.72. The van der Waals surface area contributed by atoms with E-state index < -0.39 is 0 Å². The fraction of sp³-hybridized carbons (Fsp3) is 0.643. The van der Waals surface area contributed by atoms with E-state index in [2.05, 4.69) is 45.1 Å². The molecule has 1 amide bonds. The number of nitrogens with one attached hydrogen (secondary N) is 1. The average Bonchev–Trinajstić information content (AvgIpc) is 2.87. The van der Waals surface area contributed by atoms with E-state index in [9.17, 15) is 4.79 Å². The molecule has 0 bridgehead atoms. The molecule has 0 saturated carbocycles. The van der Waals surface area contributed by atoms with Crippen molar-refractivity contribution in [1.29, 1.82) is 0 Å². The minimum absolute atomic E-state index is 0.0713. The molecule has 1 aliphatic heterocycles. The molecule has 3 nitrogen and oxygen atoms in total. The lowest BCUT2D eigenvalue weighted by Crippen LogP contribution is -2.37. The van der Waals surface area contributed by atoms with E-state index in [1.165, 1.54) is 9.75 Å². The lowest BCUT2D eigenvalue weighted by Gasteiger charge is -2.32. The molecule has 0 spiro atoms. The van der Waals surface area contributed by atoms with Gasteiger partial charge in [-0.3, -0.25) is 10.1 Å². The van der Waals surface area contributed by atoms with Crippen molar-refractivity contribution in [2.75, 3.05) is 13.1 Å². The second-order valence-corrected chi connectivity index (χ2v) is 7.09. The van der Waals surface area contributed by atoms with Crippen molar-refractivity contribution in [3.8, 4) is 0 Å². The summed E-state index contributed by atoms with van der Waals surface area (Å²) in [5.74, 6) is 0.215. The molecule has 1 aromatic rings. The van der Waals surface area contributed by atoms with Crippen LogP contribution in [0, 0.1) is 12.3 Å². The van der Waals surface area contributed by atoms with Crippen LogP contribution >= 0.6 is 11.3 Å². The van der Waals surface area contributed by atoms with Crippen LogP contribution in [0.4, 0.5) is 0 Å². The Morgan fingerprint density at radius 3 is 2.78 bits per heavy atom. The number of nitrogens with zero attached hydrogens (tertiary/aromatic N) is 1. The Bertz CT molecular complexity index is 439. The first-order chi connectivity index (χ1) is 8.43. The molecule has 1 aliphatic rings. The van der Waals surface area contributed by atoms with Crippen molar-refractivity contribution in [3.05, 3.63) is 21.9 Å². The molecule has 0 aliphatic carbocycles. The molecule has 2 heterocycles. The fourth-order valence-electron chi connectivity index (χ4n) is 2.15. The first-order valence-corrected chi connectivity index (χ1v) is 7.34. The Hall–Kier alpha value is -0.870. The van der Waals surface area contributed by atoms with E-state index in [-0.39, 0.29) is 17.5 Å². The molecule has 0 aromatic carbocycles. The van der Waals surface area contributed by atoms with E-state index in [1.54, 1.807) is 11.3 Å². The van der Waals surface area contributed by atoms with Crippen LogP contribution in [0.25, 0.3) is 0 Å². The summed E-state index contributed by atoms with van der Waals surface area (Å²) in [7, 11) is 0. The Balaban J connectivity index is 2.18. The van der Waals surface area contributed by atoms with E-state index >= 15 is 0 Å². The second kappa shape index (κ2) is 5.02. The maximum Gasteiger partial charge on any atom is 0.238 e. The predicted molar refractivity (Wildman–Crippen MR) is 75.6 cm³/mol. The lowest BCUT2D eigenvalue weighted by molar-refractivity contribution is -0.129. The van der Waals surface area contributed by atoms with Gasteiger partial charge in [-0.15, -0.1) is 11.3 Å². The first-order valence-electron chi connectivity index (χ1n) is 6.52. The van der Waals surface area contributed by atoms with Crippen LogP contribution in [0.2, 0.25) is 0 Å². The minimum atomic E-state index is 0.0713. The summed E-state index contributed by atoms with van der Waals surface area (Å²) in [5.41, 5.74) is 0.173. The van der Waals surface area contributed by atoms with Gasteiger partial charge < -0.3 is 4.90 Å². The smallest absolute Gasteiger partial charge is 0.238 e. The van der Waals surface area contributed by atoms with Crippen LogP contribution in [0.5, 0.6) is 0 Å². The Morgan fingerprint density at radius 2 is 2.22 bits per heavy atom. The largest absolute Gasteiger partial charge is 0.320 e. The van der Waals surface area contributed by atoms with E-state index in [4.69, 9.17) is 0 Å². The fourth-order valence-corrected chi connectivity index (χ4v) is 3.11. The van der Waals surface area contributed by atoms with Crippen LogP contribution in [0.15, 0.2) is 12.1 Å². The highest BCUT2D eigenvalue weighted by Crippen LogP contribution is 2.32. The Morgan fingerprint density at radius 1 is 1.50 bits per heavy atom. The SMILES string of the molecule is CCC(C)(C)CN1C(=O)CNC1c1ccc(C)s1. The molecule has 2 rings (SSSR count). The molecule has 18 heavy (non-hydrogen) atoms. The molecular formula is C14H22N2OS. The molecule has 0 radical (unpaired) electrons. The van der Waals surface area contributed by atoms with Gasteiger partial charge in [0.2, 0.25) is 5.91 Å². The maximum atomic E-state index is 12.0. The molecule has 100 valence electrons. The number of carbonyl (C=O) groups is 1. The van der Waals surface area contributed by atoms with E-state index in [0.717, 1.165) is 13.0 Å². The van der Waals surface area contributed by atoms with Crippen molar-refractivity contribution in [1.82, 2.24) is 10.2 Å². The number of hydrogen-bond acceptors (Lipinski definition) is 3. The molecule has 1 N–H and O–H groups in total. The summed E-state index contributed by atoms with van der Waals surface area (Å²) in [4.78, 5) is 16.6. The maximum absolute atomic E-state index is 12.0. The Kier molecular flexibility index (Phi) is 3.78. The second-order valence-electron chi connectivity index (χ2n) is 5.77. The van der Waals surface area contributed by atoms with E-state index in [1.807, 2.05) is 4.90 Å². The van der Waals surface area contributed by atoms with Crippen molar-refractivity contribution < 1.29 is 4.79 Å². The zero-order valence-electron chi connectivity index (χ0n) is 11.6. The van der Waals surface area contributed by atoms with Crippen molar-refractivity contribution in [3.63, 3.8) is 0 Å². The molecule has 1 unspecified atom stereocenters. The topological polar surface area (TPSA) is 32.3 Å². The molecule has 1 saturated heterocycles. The summed E-state index contributed by atoms with van der Waals surface area (Å²) < 4.78 is 0. The highest BCUT2D eigenvalue weighted by Gasteiger charge is 2.35. The zero-order chi connectivity index (χ0) is 13.3.